The van der Waals surface area contributed by atoms with Crippen LogP contribution in [0.15, 0.2) is 18.2 Å². The van der Waals surface area contributed by atoms with Crippen molar-refractivity contribution in [3.8, 4) is 0 Å². The zero-order chi connectivity index (χ0) is 18.9. The van der Waals surface area contributed by atoms with Gasteiger partial charge in [-0.15, -0.1) is 0 Å². The molecule has 3 saturated heterocycles. The van der Waals surface area contributed by atoms with E-state index in [1.54, 1.807) is 0 Å². The summed E-state index contributed by atoms with van der Waals surface area (Å²) in [6, 6.07) is 4.73. The Balaban J connectivity index is 1.61. The Morgan fingerprint density at radius 1 is 0.889 bits per heavy atom. The molecule has 3 aliphatic heterocycles. The average molecular weight is 381 g/mol. The van der Waals surface area contributed by atoms with Crippen molar-refractivity contribution in [2.75, 3.05) is 37.6 Å². The number of benzene rings is 1. The third kappa shape index (κ3) is 4.11. The van der Waals surface area contributed by atoms with Crippen LogP contribution in [0.4, 0.5) is 18.9 Å². The van der Waals surface area contributed by atoms with E-state index in [1.165, 1.54) is 25.0 Å². The normalized spacial score (nSPS) is 23.9. The number of alkyl halides is 3. The fourth-order valence-corrected chi connectivity index (χ4v) is 5.18. The molecule has 1 aromatic rings. The Morgan fingerprint density at radius 3 is 2.33 bits per heavy atom. The number of piperidine rings is 2. The number of hydrogen-bond donors (Lipinski definition) is 1. The Bertz CT molecular complexity index is 647. The minimum Gasteiger partial charge on any atom is -0.372 e. The molecule has 27 heavy (non-hydrogen) atoms. The summed E-state index contributed by atoms with van der Waals surface area (Å²) in [5, 5.41) is 3.42. The predicted octanol–water partition coefficient (Wildman–Crippen LogP) is 4.41. The molecule has 3 aliphatic rings. The standard InChI is InChI=1S/C21H30F3N3/c22-21(23,24)18-13-17(14-19(15-18)26-10-2-1-3-11-26)16-27-12-4-5-20(27)6-8-25-9-7-20/h13-15,25H,1-12,16H2. The summed E-state index contributed by atoms with van der Waals surface area (Å²) in [4.78, 5) is 4.59. The molecule has 3 heterocycles. The SMILES string of the molecule is FC(F)(F)c1cc(CN2CCCC23CCNCC3)cc(N2CCCCC2)c1. The molecule has 0 unspecified atom stereocenters. The van der Waals surface area contributed by atoms with Gasteiger partial charge in [0.05, 0.1) is 5.56 Å². The van der Waals surface area contributed by atoms with Gasteiger partial charge in [0.1, 0.15) is 0 Å². The third-order valence-corrected chi connectivity index (χ3v) is 6.67. The van der Waals surface area contributed by atoms with Crippen LogP contribution in [0, 0.1) is 0 Å². The third-order valence-electron chi connectivity index (χ3n) is 6.67. The summed E-state index contributed by atoms with van der Waals surface area (Å²) in [6.45, 7) is 5.37. The van der Waals surface area contributed by atoms with Gasteiger partial charge in [0.2, 0.25) is 0 Å². The van der Waals surface area contributed by atoms with Crippen LogP contribution in [0.1, 0.15) is 56.1 Å². The van der Waals surface area contributed by atoms with Crippen LogP contribution in [-0.2, 0) is 12.7 Å². The fourth-order valence-electron chi connectivity index (χ4n) is 5.18. The maximum atomic E-state index is 13.5. The van der Waals surface area contributed by atoms with Crippen molar-refractivity contribution < 1.29 is 13.2 Å². The molecule has 6 heteroatoms. The van der Waals surface area contributed by atoms with Crippen LogP contribution >= 0.6 is 0 Å². The van der Waals surface area contributed by atoms with Crippen LogP contribution in [0.5, 0.6) is 0 Å². The summed E-state index contributed by atoms with van der Waals surface area (Å²) in [5.74, 6) is 0. The molecule has 0 amide bonds. The Hall–Kier alpha value is -1.27. The maximum Gasteiger partial charge on any atom is 0.416 e. The van der Waals surface area contributed by atoms with E-state index in [0.717, 1.165) is 76.1 Å². The summed E-state index contributed by atoms with van der Waals surface area (Å²) >= 11 is 0. The lowest BCUT2D eigenvalue weighted by molar-refractivity contribution is -0.137. The number of nitrogens with one attached hydrogen (secondary N) is 1. The maximum absolute atomic E-state index is 13.5. The highest BCUT2D eigenvalue weighted by Crippen LogP contribution is 2.39. The molecule has 0 atom stereocenters. The lowest BCUT2D eigenvalue weighted by Crippen LogP contribution is -2.50. The van der Waals surface area contributed by atoms with E-state index in [-0.39, 0.29) is 5.54 Å². The van der Waals surface area contributed by atoms with E-state index in [9.17, 15) is 13.2 Å². The number of halogens is 3. The van der Waals surface area contributed by atoms with Crippen molar-refractivity contribution in [3.05, 3.63) is 29.3 Å². The minimum atomic E-state index is -4.29. The van der Waals surface area contributed by atoms with Gasteiger partial charge in [-0.25, -0.2) is 0 Å². The Labute approximate surface area is 159 Å². The number of anilines is 1. The van der Waals surface area contributed by atoms with Crippen molar-refractivity contribution in [2.45, 2.75) is 63.2 Å². The zero-order valence-electron chi connectivity index (χ0n) is 16.0. The molecule has 0 saturated carbocycles. The van der Waals surface area contributed by atoms with Crippen LogP contribution in [0.25, 0.3) is 0 Å². The molecule has 1 aromatic carbocycles. The van der Waals surface area contributed by atoms with Gasteiger partial charge in [-0.2, -0.15) is 13.2 Å². The minimum absolute atomic E-state index is 0.185. The van der Waals surface area contributed by atoms with Gasteiger partial charge < -0.3 is 10.2 Å². The van der Waals surface area contributed by atoms with E-state index in [0.29, 0.717) is 6.54 Å². The number of rotatable bonds is 3. The first-order valence-electron chi connectivity index (χ1n) is 10.4. The van der Waals surface area contributed by atoms with Gasteiger partial charge in [0, 0.05) is 30.9 Å². The number of nitrogens with zero attached hydrogens (tertiary/aromatic N) is 2. The quantitative estimate of drug-likeness (QED) is 0.837. The van der Waals surface area contributed by atoms with Gasteiger partial charge in [0.25, 0.3) is 0 Å². The van der Waals surface area contributed by atoms with E-state index in [4.69, 9.17) is 0 Å². The lowest BCUT2D eigenvalue weighted by Gasteiger charge is -2.42. The second kappa shape index (κ2) is 7.63. The van der Waals surface area contributed by atoms with E-state index < -0.39 is 11.7 Å². The van der Waals surface area contributed by atoms with E-state index in [1.807, 2.05) is 6.07 Å². The highest BCUT2D eigenvalue weighted by Gasteiger charge is 2.41. The largest absolute Gasteiger partial charge is 0.416 e. The fraction of sp³-hybridized carbons (Fsp3) is 0.714. The molecule has 0 bridgehead atoms. The van der Waals surface area contributed by atoms with Crippen molar-refractivity contribution >= 4 is 5.69 Å². The number of likely N-dealkylation sites (tertiary alicyclic amines) is 1. The molecule has 0 aliphatic carbocycles. The monoisotopic (exact) mass is 381 g/mol. The highest BCUT2D eigenvalue weighted by molar-refractivity contribution is 5.52. The summed E-state index contributed by atoms with van der Waals surface area (Å²) < 4.78 is 40.6. The van der Waals surface area contributed by atoms with E-state index in [2.05, 4.69) is 15.1 Å². The van der Waals surface area contributed by atoms with Crippen molar-refractivity contribution in [2.24, 2.45) is 0 Å². The first kappa shape index (κ1) is 19.1. The van der Waals surface area contributed by atoms with Crippen LogP contribution in [0.2, 0.25) is 0 Å². The highest BCUT2D eigenvalue weighted by atomic mass is 19.4. The topological polar surface area (TPSA) is 18.5 Å². The molecular weight excluding hydrogens is 351 g/mol. The molecule has 4 rings (SSSR count). The lowest BCUT2D eigenvalue weighted by atomic mass is 9.85. The Kier molecular flexibility index (Phi) is 5.39. The Morgan fingerprint density at radius 2 is 1.63 bits per heavy atom. The van der Waals surface area contributed by atoms with Crippen LogP contribution in [-0.4, -0.2) is 43.2 Å². The van der Waals surface area contributed by atoms with Crippen molar-refractivity contribution in [3.63, 3.8) is 0 Å². The first-order chi connectivity index (χ1) is 13.0. The molecule has 3 nitrogen and oxygen atoms in total. The van der Waals surface area contributed by atoms with Crippen molar-refractivity contribution in [1.82, 2.24) is 10.2 Å². The van der Waals surface area contributed by atoms with Gasteiger partial charge in [0.15, 0.2) is 0 Å². The number of hydrogen-bond acceptors (Lipinski definition) is 3. The summed E-state index contributed by atoms with van der Waals surface area (Å²) in [5.41, 5.74) is 1.24. The zero-order valence-corrected chi connectivity index (χ0v) is 16.0. The molecular formula is C21H30F3N3. The molecule has 0 radical (unpaired) electrons. The molecule has 1 N–H and O–H groups in total. The van der Waals surface area contributed by atoms with E-state index >= 15 is 0 Å². The van der Waals surface area contributed by atoms with Crippen molar-refractivity contribution in [1.29, 1.82) is 0 Å². The predicted molar refractivity (Wildman–Crippen MR) is 102 cm³/mol. The second-order valence-corrected chi connectivity index (χ2v) is 8.43. The van der Waals surface area contributed by atoms with Gasteiger partial charge in [-0.05, 0) is 88.3 Å². The smallest absolute Gasteiger partial charge is 0.372 e. The molecule has 0 aromatic heterocycles. The second-order valence-electron chi connectivity index (χ2n) is 8.43. The van der Waals surface area contributed by atoms with Gasteiger partial charge in [-0.1, -0.05) is 0 Å². The van der Waals surface area contributed by atoms with Crippen LogP contribution in [0.3, 0.4) is 0 Å². The summed E-state index contributed by atoms with van der Waals surface area (Å²) in [6.07, 6.45) is 3.53. The van der Waals surface area contributed by atoms with Gasteiger partial charge >= 0.3 is 6.18 Å². The molecule has 3 fully saturated rings. The van der Waals surface area contributed by atoms with Crippen LogP contribution < -0.4 is 10.2 Å². The van der Waals surface area contributed by atoms with Gasteiger partial charge in [-0.3, -0.25) is 4.90 Å². The molecule has 1 spiro atoms. The average Bonchev–Trinajstić information content (AvgIpc) is 3.03. The molecule has 150 valence electrons. The first-order valence-corrected chi connectivity index (χ1v) is 10.4. The summed E-state index contributed by atoms with van der Waals surface area (Å²) in [7, 11) is 0.